The van der Waals surface area contributed by atoms with E-state index in [0.717, 1.165) is 5.56 Å². The molecule has 0 radical (unpaired) electrons. The van der Waals surface area contributed by atoms with Gasteiger partial charge < -0.3 is 5.73 Å². The molecule has 0 aromatic heterocycles. The van der Waals surface area contributed by atoms with Gasteiger partial charge in [-0.2, -0.15) is 0 Å². The van der Waals surface area contributed by atoms with Gasteiger partial charge in [0.15, 0.2) is 0 Å². The molecular formula is C13H10N2OS. The minimum atomic E-state index is -0.395. The third-order valence-electron chi connectivity index (χ3n) is 2.92. The summed E-state index contributed by atoms with van der Waals surface area (Å²) in [6, 6.07) is 5.57. The number of primary amides is 1. The van der Waals surface area contributed by atoms with Crippen molar-refractivity contribution < 1.29 is 4.79 Å². The molecule has 17 heavy (non-hydrogen) atoms. The molecule has 0 bridgehead atoms. The summed E-state index contributed by atoms with van der Waals surface area (Å²) in [7, 11) is 0. The topological polar surface area (TPSA) is 55.5 Å². The van der Waals surface area contributed by atoms with Crippen molar-refractivity contribution in [3.8, 4) is 0 Å². The van der Waals surface area contributed by atoms with E-state index in [2.05, 4.69) is 10.5 Å². The first-order chi connectivity index (χ1) is 8.25. The molecule has 0 spiro atoms. The summed E-state index contributed by atoms with van der Waals surface area (Å²) in [5, 5.41) is 0. The molecule has 3 nitrogen and oxygen atoms in total. The zero-order valence-electron chi connectivity index (χ0n) is 8.96. The molecule has 1 aromatic carbocycles. The van der Waals surface area contributed by atoms with Gasteiger partial charge in [0.2, 0.25) is 5.91 Å². The van der Waals surface area contributed by atoms with Crippen molar-refractivity contribution in [2.24, 2.45) is 10.1 Å². The lowest BCUT2D eigenvalue weighted by molar-refractivity contribution is 0.100. The molecule has 1 aromatic rings. The predicted octanol–water partition coefficient (Wildman–Crippen LogP) is 2.51. The number of nitrogens with zero attached hydrogens (tertiary/aromatic N) is 1. The van der Waals surface area contributed by atoms with E-state index >= 15 is 0 Å². The van der Waals surface area contributed by atoms with Gasteiger partial charge in [-0.1, -0.05) is 18.2 Å². The molecular weight excluding hydrogens is 232 g/mol. The van der Waals surface area contributed by atoms with E-state index in [9.17, 15) is 4.79 Å². The summed E-state index contributed by atoms with van der Waals surface area (Å²) in [5.41, 5.74) is 8.03. The molecule has 1 amide bonds. The van der Waals surface area contributed by atoms with E-state index in [1.165, 1.54) is 22.4 Å². The maximum atomic E-state index is 11.2. The molecule has 2 N–H and O–H groups in total. The molecule has 0 saturated heterocycles. The molecule has 0 fully saturated rings. The summed E-state index contributed by atoms with van der Waals surface area (Å²) in [6.45, 7) is 0. The number of allylic oxidation sites excluding steroid dienone is 3. The lowest BCUT2D eigenvalue weighted by Gasteiger charge is -2.11. The summed E-state index contributed by atoms with van der Waals surface area (Å²) < 4.78 is 4.22. The van der Waals surface area contributed by atoms with Gasteiger partial charge in [0.25, 0.3) is 0 Å². The maximum absolute atomic E-state index is 11.2. The van der Waals surface area contributed by atoms with Crippen molar-refractivity contribution in [3.63, 3.8) is 0 Å². The number of benzene rings is 1. The highest BCUT2D eigenvalue weighted by Gasteiger charge is 2.23. The average molecular weight is 242 g/mol. The summed E-state index contributed by atoms with van der Waals surface area (Å²) in [6.07, 6.45) is 7.99. The maximum Gasteiger partial charge on any atom is 0.248 e. The molecule has 2 aliphatic rings. The van der Waals surface area contributed by atoms with E-state index in [-0.39, 0.29) is 5.92 Å². The Hall–Kier alpha value is -1.81. The van der Waals surface area contributed by atoms with Crippen LogP contribution in [0.1, 0.15) is 27.4 Å². The second-order valence-corrected chi connectivity index (χ2v) is 4.82. The Morgan fingerprint density at radius 1 is 1.41 bits per heavy atom. The van der Waals surface area contributed by atoms with Gasteiger partial charge in [-0.25, -0.2) is 4.40 Å². The van der Waals surface area contributed by atoms with Crippen LogP contribution in [0.5, 0.6) is 0 Å². The van der Waals surface area contributed by atoms with Gasteiger partial charge in [-0.3, -0.25) is 4.79 Å². The van der Waals surface area contributed by atoms with Crippen LogP contribution in [0.25, 0.3) is 6.08 Å². The van der Waals surface area contributed by atoms with Crippen molar-refractivity contribution >= 4 is 30.1 Å². The van der Waals surface area contributed by atoms with Crippen LogP contribution in [0.15, 0.2) is 39.7 Å². The number of hydrogen-bond acceptors (Lipinski definition) is 3. The van der Waals surface area contributed by atoms with Crippen LogP contribution in [0.4, 0.5) is 0 Å². The Kier molecular flexibility index (Phi) is 2.37. The first-order valence-corrected chi connectivity index (χ1v) is 6.05. The van der Waals surface area contributed by atoms with Crippen LogP contribution in [0.3, 0.4) is 0 Å². The second kappa shape index (κ2) is 3.89. The first kappa shape index (κ1) is 10.4. The van der Waals surface area contributed by atoms with Crippen molar-refractivity contribution in [2.75, 3.05) is 0 Å². The second-order valence-electron chi connectivity index (χ2n) is 3.96. The minimum absolute atomic E-state index is 0.215. The Bertz CT molecular complexity index is 587. The Morgan fingerprint density at radius 2 is 2.29 bits per heavy atom. The third-order valence-corrected chi connectivity index (χ3v) is 3.75. The minimum Gasteiger partial charge on any atom is -0.366 e. The number of rotatable bonds is 1. The van der Waals surface area contributed by atoms with Crippen molar-refractivity contribution in [1.82, 2.24) is 0 Å². The number of nitrogens with two attached hydrogens (primary N) is 1. The van der Waals surface area contributed by atoms with Crippen LogP contribution in [0.2, 0.25) is 0 Å². The molecule has 4 heteroatoms. The van der Waals surface area contributed by atoms with Gasteiger partial charge in [0.05, 0.1) is 5.92 Å². The zero-order valence-corrected chi connectivity index (χ0v) is 9.78. The van der Waals surface area contributed by atoms with Gasteiger partial charge in [0.1, 0.15) is 0 Å². The number of carbonyl (C=O) groups is 1. The van der Waals surface area contributed by atoms with E-state index in [1.807, 2.05) is 30.5 Å². The fraction of sp³-hybridized carbons (Fsp3) is 0.0769. The largest absolute Gasteiger partial charge is 0.366 e. The molecule has 1 aliphatic heterocycles. The third kappa shape index (κ3) is 1.70. The molecule has 1 aliphatic carbocycles. The highest BCUT2D eigenvalue weighted by atomic mass is 32.2. The van der Waals surface area contributed by atoms with Crippen molar-refractivity contribution in [1.29, 1.82) is 0 Å². The molecule has 1 unspecified atom stereocenters. The number of fused-ring (bicyclic) bond motifs is 3. The number of hydrogen-bond donors (Lipinski definition) is 1. The summed E-state index contributed by atoms with van der Waals surface area (Å²) >= 11 is 1.50. The molecule has 1 atom stereocenters. The standard InChI is InChI=1S/C13H10N2OS/c14-13(16)9-4-5-10-8(6-9)2-1-3-12-11(10)7-15-17-12/h1-7,11H,(H2,14,16). The summed E-state index contributed by atoms with van der Waals surface area (Å²) in [4.78, 5) is 12.4. The van der Waals surface area contributed by atoms with Gasteiger partial charge >= 0.3 is 0 Å². The lowest BCUT2D eigenvalue weighted by Crippen LogP contribution is -2.11. The van der Waals surface area contributed by atoms with E-state index in [0.29, 0.717) is 5.56 Å². The highest BCUT2D eigenvalue weighted by Crippen LogP contribution is 2.40. The molecule has 3 rings (SSSR count). The molecule has 1 heterocycles. The number of carbonyl (C=O) groups excluding carboxylic acids is 1. The quantitative estimate of drug-likeness (QED) is 0.769. The Morgan fingerprint density at radius 3 is 3.12 bits per heavy atom. The fourth-order valence-electron chi connectivity index (χ4n) is 2.05. The smallest absolute Gasteiger partial charge is 0.248 e. The normalized spacial score (nSPS) is 20.5. The van der Waals surface area contributed by atoms with Gasteiger partial charge in [-0.15, -0.1) is 0 Å². The number of amides is 1. The van der Waals surface area contributed by atoms with Crippen molar-refractivity contribution in [3.05, 3.63) is 51.9 Å². The van der Waals surface area contributed by atoms with Crippen molar-refractivity contribution in [2.45, 2.75) is 5.92 Å². The van der Waals surface area contributed by atoms with Crippen LogP contribution in [0, 0.1) is 0 Å². The average Bonchev–Trinajstić information content (AvgIpc) is 2.71. The lowest BCUT2D eigenvalue weighted by atomic mass is 9.94. The Labute approximate surface area is 103 Å². The monoisotopic (exact) mass is 242 g/mol. The fourth-order valence-corrected chi connectivity index (χ4v) is 2.80. The molecule has 0 saturated carbocycles. The van der Waals surface area contributed by atoms with E-state index in [4.69, 9.17) is 5.73 Å². The van der Waals surface area contributed by atoms with Crippen LogP contribution >= 0.6 is 11.9 Å². The van der Waals surface area contributed by atoms with Gasteiger partial charge in [-0.05, 0) is 29.3 Å². The van der Waals surface area contributed by atoms with Crippen LogP contribution in [-0.2, 0) is 0 Å². The Balaban J connectivity index is 2.14. The van der Waals surface area contributed by atoms with E-state index in [1.54, 1.807) is 6.07 Å². The highest BCUT2D eigenvalue weighted by molar-refractivity contribution is 8.02. The van der Waals surface area contributed by atoms with Crippen LogP contribution < -0.4 is 5.73 Å². The summed E-state index contributed by atoms with van der Waals surface area (Å²) in [5.74, 6) is -0.181. The molecule has 84 valence electrons. The first-order valence-electron chi connectivity index (χ1n) is 5.28. The SMILES string of the molecule is NC(=O)c1ccc2c(c1)C=CC=C1SN=CC12. The van der Waals surface area contributed by atoms with Crippen LogP contribution in [-0.4, -0.2) is 12.1 Å². The van der Waals surface area contributed by atoms with Gasteiger partial charge in [0, 0.05) is 28.6 Å². The predicted molar refractivity (Wildman–Crippen MR) is 70.9 cm³/mol. The zero-order chi connectivity index (χ0) is 11.8. The van der Waals surface area contributed by atoms with E-state index < -0.39 is 5.91 Å².